The summed E-state index contributed by atoms with van der Waals surface area (Å²) in [5.74, 6) is -0.592. The number of aryl methyl sites for hydroxylation is 1. The van der Waals surface area contributed by atoms with E-state index in [4.69, 9.17) is 11.6 Å². The number of aromatic nitrogens is 2. The second-order valence-electron chi connectivity index (χ2n) is 6.29. The third-order valence-corrected chi connectivity index (χ3v) is 4.70. The first-order valence-corrected chi connectivity index (χ1v) is 8.21. The van der Waals surface area contributed by atoms with E-state index in [1.807, 2.05) is 13.0 Å². The summed E-state index contributed by atoms with van der Waals surface area (Å²) in [4.78, 5) is 14.1. The molecule has 24 heavy (non-hydrogen) atoms. The number of rotatable bonds is 4. The van der Waals surface area contributed by atoms with Crippen molar-refractivity contribution in [1.82, 2.24) is 15.1 Å². The van der Waals surface area contributed by atoms with Crippen molar-refractivity contribution in [1.29, 1.82) is 0 Å². The Balaban J connectivity index is 1.62. The fraction of sp³-hybridized carbons (Fsp3) is 0.412. The van der Waals surface area contributed by atoms with Gasteiger partial charge in [-0.2, -0.15) is 5.10 Å². The van der Waals surface area contributed by atoms with Crippen molar-refractivity contribution in [2.45, 2.75) is 25.9 Å². The summed E-state index contributed by atoms with van der Waals surface area (Å²) in [6.45, 7) is 2.69. The Morgan fingerprint density at radius 1 is 1.46 bits per heavy atom. The largest absolute Gasteiger partial charge is 0.391 e. The van der Waals surface area contributed by atoms with E-state index in [9.17, 15) is 14.3 Å². The van der Waals surface area contributed by atoms with Crippen LogP contribution >= 0.6 is 11.6 Å². The van der Waals surface area contributed by atoms with E-state index < -0.39 is 11.9 Å². The van der Waals surface area contributed by atoms with Gasteiger partial charge in [0.25, 0.3) is 0 Å². The summed E-state index contributed by atoms with van der Waals surface area (Å²) in [5.41, 5.74) is 2.44. The van der Waals surface area contributed by atoms with Gasteiger partial charge >= 0.3 is 0 Å². The van der Waals surface area contributed by atoms with E-state index in [1.165, 1.54) is 18.2 Å². The predicted octanol–water partition coefficient (Wildman–Crippen LogP) is 2.12. The Hall–Kier alpha value is -1.92. The lowest BCUT2D eigenvalue weighted by Gasteiger charge is -2.16. The highest BCUT2D eigenvalue weighted by molar-refractivity contribution is 6.31. The molecule has 1 saturated heterocycles. The maximum absolute atomic E-state index is 13.1. The lowest BCUT2D eigenvalue weighted by Crippen LogP contribution is -2.31. The average Bonchev–Trinajstić information content (AvgIpc) is 3.09. The van der Waals surface area contributed by atoms with E-state index >= 15 is 0 Å². The minimum atomic E-state index is -0.574. The van der Waals surface area contributed by atoms with Crippen LogP contribution < -0.4 is 0 Å². The normalized spacial score (nSPS) is 20.6. The molecule has 1 amide bonds. The van der Waals surface area contributed by atoms with Gasteiger partial charge in [0.15, 0.2) is 0 Å². The van der Waals surface area contributed by atoms with Crippen molar-refractivity contribution < 1.29 is 14.3 Å². The molecule has 3 rings (SSSR count). The molecule has 0 bridgehead atoms. The molecule has 1 aliphatic heterocycles. The maximum atomic E-state index is 13.1. The summed E-state index contributed by atoms with van der Waals surface area (Å²) in [6, 6.07) is 5.95. The summed E-state index contributed by atoms with van der Waals surface area (Å²) in [7, 11) is 0. The Kier molecular flexibility index (Phi) is 4.87. The second kappa shape index (κ2) is 6.91. The van der Waals surface area contributed by atoms with Gasteiger partial charge in [-0.05, 0) is 37.1 Å². The third-order valence-electron chi connectivity index (χ3n) is 4.35. The van der Waals surface area contributed by atoms with E-state index in [0.717, 1.165) is 11.4 Å². The van der Waals surface area contributed by atoms with E-state index in [0.29, 0.717) is 25.1 Å². The first kappa shape index (κ1) is 16.9. The minimum Gasteiger partial charge on any atom is -0.391 e. The van der Waals surface area contributed by atoms with Gasteiger partial charge in [0, 0.05) is 29.7 Å². The number of hydrogen-bond donors (Lipinski definition) is 2. The van der Waals surface area contributed by atoms with Gasteiger partial charge in [-0.15, -0.1) is 0 Å². The van der Waals surface area contributed by atoms with Crippen molar-refractivity contribution in [2.24, 2.45) is 5.92 Å². The molecule has 0 saturated carbocycles. The van der Waals surface area contributed by atoms with Crippen LogP contribution in [-0.2, 0) is 17.6 Å². The van der Waals surface area contributed by atoms with Crippen molar-refractivity contribution in [2.75, 3.05) is 13.1 Å². The van der Waals surface area contributed by atoms with E-state index in [1.54, 1.807) is 4.90 Å². The van der Waals surface area contributed by atoms with Gasteiger partial charge in [0.05, 0.1) is 18.2 Å². The second-order valence-corrected chi connectivity index (χ2v) is 6.69. The number of β-amino-alcohol motifs (C(OH)–C–C–N with tert-alkyl or cyclic N) is 1. The molecule has 2 aromatic rings. The minimum absolute atomic E-state index is 0.0414. The number of halogens is 2. The number of hydrogen-bond acceptors (Lipinski definition) is 3. The number of carbonyl (C=O) groups is 1. The van der Waals surface area contributed by atoms with Crippen molar-refractivity contribution in [3.05, 3.63) is 52.1 Å². The number of aromatic amines is 1. The van der Waals surface area contributed by atoms with Crippen LogP contribution in [-0.4, -0.2) is 45.3 Å². The van der Waals surface area contributed by atoms with Gasteiger partial charge in [-0.3, -0.25) is 9.89 Å². The fourth-order valence-electron chi connectivity index (χ4n) is 3.05. The molecule has 2 atom stereocenters. The molecule has 0 radical (unpaired) electrons. The highest BCUT2D eigenvalue weighted by atomic mass is 35.5. The number of amides is 1. The molecule has 5 nitrogen and oxygen atoms in total. The Bertz CT molecular complexity index is 749. The Morgan fingerprint density at radius 3 is 2.92 bits per heavy atom. The molecular formula is C17H19ClFN3O2. The van der Waals surface area contributed by atoms with Gasteiger partial charge < -0.3 is 10.0 Å². The van der Waals surface area contributed by atoms with Crippen LogP contribution in [0.3, 0.4) is 0 Å². The number of benzene rings is 1. The molecule has 128 valence electrons. The number of nitrogens with one attached hydrogen (secondary N) is 1. The van der Waals surface area contributed by atoms with Crippen molar-refractivity contribution >= 4 is 17.5 Å². The van der Waals surface area contributed by atoms with Gasteiger partial charge in [0.2, 0.25) is 5.91 Å². The first-order chi connectivity index (χ1) is 11.4. The van der Waals surface area contributed by atoms with Gasteiger partial charge in [-0.1, -0.05) is 17.7 Å². The van der Waals surface area contributed by atoms with Crippen LogP contribution in [0.1, 0.15) is 17.0 Å². The third kappa shape index (κ3) is 3.76. The molecule has 1 aromatic heterocycles. The smallest absolute Gasteiger partial charge is 0.227 e. The standard InChI is InChI=1S/C17H19ClFN3O2/c1-10-4-14(21-20-10)5-12-8-22(9-16(12)23)17(24)6-11-2-3-13(19)7-15(11)18/h2-4,7,12,16,23H,5-6,8-9H2,1H3,(H,20,21)/t12-,16-/m1/s1. The monoisotopic (exact) mass is 351 g/mol. The van der Waals surface area contributed by atoms with E-state index in [-0.39, 0.29) is 23.3 Å². The van der Waals surface area contributed by atoms with Crippen LogP contribution in [0.2, 0.25) is 5.02 Å². The number of aliphatic hydroxyl groups excluding tert-OH is 1. The van der Waals surface area contributed by atoms with Crippen LogP contribution in [0, 0.1) is 18.7 Å². The Morgan fingerprint density at radius 2 is 2.25 bits per heavy atom. The maximum Gasteiger partial charge on any atom is 0.227 e. The molecule has 1 aromatic carbocycles. The molecule has 0 spiro atoms. The SMILES string of the molecule is Cc1cc(C[C@@H]2CN(C(=O)Cc3ccc(F)cc3Cl)C[C@H]2O)n[nH]1. The van der Waals surface area contributed by atoms with Crippen molar-refractivity contribution in [3.63, 3.8) is 0 Å². The molecule has 7 heteroatoms. The Labute approximate surface area is 144 Å². The molecule has 1 aliphatic rings. The molecule has 0 aliphatic carbocycles. The highest BCUT2D eigenvalue weighted by Gasteiger charge is 2.34. The molecular weight excluding hydrogens is 333 g/mol. The van der Waals surface area contributed by atoms with Crippen molar-refractivity contribution in [3.8, 4) is 0 Å². The summed E-state index contributed by atoms with van der Waals surface area (Å²) < 4.78 is 13.1. The molecule has 2 heterocycles. The van der Waals surface area contributed by atoms with Crippen LogP contribution in [0.25, 0.3) is 0 Å². The lowest BCUT2D eigenvalue weighted by atomic mass is 10.0. The zero-order valence-corrected chi connectivity index (χ0v) is 14.1. The zero-order valence-electron chi connectivity index (χ0n) is 13.3. The predicted molar refractivity (Wildman–Crippen MR) is 88.2 cm³/mol. The summed E-state index contributed by atoms with van der Waals surface area (Å²) >= 11 is 5.98. The summed E-state index contributed by atoms with van der Waals surface area (Å²) in [5, 5.41) is 17.5. The molecule has 0 unspecified atom stereocenters. The first-order valence-electron chi connectivity index (χ1n) is 7.83. The van der Waals surface area contributed by atoms with Gasteiger partial charge in [-0.25, -0.2) is 4.39 Å². The van der Waals surface area contributed by atoms with Crippen LogP contribution in [0.5, 0.6) is 0 Å². The molecule has 1 fully saturated rings. The van der Waals surface area contributed by atoms with E-state index in [2.05, 4.69) is 10.2 Å². The fourth-order valence-corrected chi connectivity index (χ4v) is 3.28. The number of nitrogens with zero attached hydrogens (tertiary/aromatic N) is 2. The average molecular weight is 352 g/mol. The molecule has 2 N–H and O–H groups in total. The zero-order chi connectivity index (χ0) is 17.3. The number of carbonyl (C=O) groups excluding carboxylic acids is 1. The number of aliphatic hydroxyl groups is 1. The number of H-pyrrole nitrogens is 1. The quantitative estimate of drug-likeness (QED) is 0.886. The lowest BCUT2D eigenvalue weighted by molar-refractivity contribution is -0.129. The van der Waals surface area contributed by atoms with Crippen LogP contribution in [0.15, 0.2) is 24.3 Å². The topological polar surface area (TPSA) is 69.2 Å². The van der Waals surface area contributed by atoms with Crippen LogP contribution in [0.4, 0.5) is 4.39 Å². The summed E-state index contributed by atoms with van der Waals surface area (Å²) in [6.07, 6.45) is 0.141. The van der Waals surface area contributed by atoms with Gasteiger partial charge in [0.1, 0.15) is 5.82 Å². The highest BCUT2D eigenvalue weighted by Crippen LogP contribution is 2.23. The number of likely N-dealkylation sites (tertiary alicyclic amines) is 1.